The van der Waals surface area contributed by atoms with Gasteiger partial charge in [-0.15, -0.1) is 0 Å². The molecule has 2 aromatic rings. The highest BCUT2D eigenvalue weighted by atomic mass is 32.1. The zero-order valence-corrected chi connectivity index (χ0v) is 10.2. The summed E-state index contributed by atoms with van der Waals surface area (Å²) in [6.45, 7) is 0. The van der Waals surface area contributed by atoms with Gasteiger partial charge < -0.3 is 4.84 Å². The fraction of sp³-hybridized carbons (Fsp3) is 0. The molecule has 0 atom stereocenters. The normalized spacial score (nSPS) is 16.8. The lowest BCUT2D eigenvalue weighted by molar-refractivity contribution is -0.136. The van der Waals surface area contributed by atoms with Crippen LogP contribution in [0.4, 0.5) is 0 Å². The third kappa shape index (κ3) is 1.98. The number of benzene rings is 1. The summed E-state index contributed by atoms with van der Waals surface area (Å²) >= 11 is 1.58. The Hall–Kier alpha value is -2.20. The minimum atomic E-state index is -0.403. The standard InChI is InChI=1S/C14H9NO2S/c16-14-12(8-10-6-7-18-9-10)13(15-17-14)11-4-2-1-3-5-11/h1-9H/b12-8+. The van der Waals surface area contributed by atoms with Gasteiger partial charge in [-0.3, -0.25) is 0 Å². The van der Waals surface area contributed by atoms with Crippen LogP contribution in [0.3, 0.4) is 0 Å². The van der Waals surface area contributed by atoms with Crippen molar-refractivity contribution in [1.82, 2.24) is 0 Å². The summed E-state index contributed by atoms with van der Waals surface area (Å²) in [5, 5.41) is 7.79. The van der Waals surface area contributed by atoms with Gasteiger partial charge in [-0.25, -0.2) is 4.79 Å². The largest absolute Gasteiger partial charge is 0.368 e. The molecule has 0 saturated carbocycles. The molecule has 4 heteroatoms. The Labute approximate surface area is 108 Å². The van der Waals surface area contributed by atoms with Crippen LogP contribution in [0.25, 0.3) is 6.08 Å². The van der Waals surface area contributed by atoms with Crippen molar-refractivity contribution in [1.29, 1.82) is 0 Å². The van der Waals surface area contributed by atoms with Gasteiger partial charge in [0.25, 0.3) is 0 Å². The van der Waals surface area contributed by atoms with Crippen molar-refractivity contribution in [2.45, 2.75) is 0 Å². The van der Waals surface area contributed by atoms with Crippen LogP contribution in [0, 0.1) is 0 Å². The molecule has 0 aliphatic carbocycles. The fourth-order valence-corrected chi connectivity index (χ4v) is 2.36. The Morgan fingerprint density at radius 1 is 1.17 bits per heavy atom. The molecule has 1 aromatic heterocycles. The number of nitrogens with zero attached hydrogens (tertiary/aromatic N) is 1. The third-order valence-electron chi connectivity index (χ3n) is 2.60. The molecule has 3 nitrogen and oxygen atoms in total. The molecule has 3 rings (SSSR count). The van der Waals surface area contributed by atoms with Gasteiger partial charge in [0.2, 0.25) is 0 Å². The molecule has 0 bridgehead atoms. The van der Waals surface area contributed by atoms with Crippen LogP contribution < -0.4 is 0 Å². The van der Waals surface area contributed by atoms with Crippen LogP contribution in [0.1, 0.15) is 11.1 Å². The van der Waals surface area contributed by atoms with E-state index >= 15 is 0 Å². The topological polar surface area (TPSA) is 38.7 Å². The number of hydrogen-bond donors (Lipinski definition) is 0. The summed E-state index contributed by atoms with van der Waals surface area (Å²) in [5.74, 6) is -0.403. The predicted octanol–water partition coefficient (Wildman–Crippen LogP) is 3.09. The Bertz CT molecular complexity index is 627. The van der Waals surface area contributed by atoms with Crippen LogP contribution in [0.2, 0.25) is 0 Å². The Morgan fingerprint density at radius 3 is 2.72 bits per heavy atom. The van der Waals surface area contributed by atoms with E-state index < -0.39 is 5.97 Å². The van der Waals surface area contributed by atoms with E-state index in [1.54, 1.807) is 17.4 Å². The fourth-order valence-electron chi connectivity index (χ4n) is 1.74. The molecular weight excluding hydrogens is 246 g/mol. The van der Waals surface area contributed by atoms with Crippen LogP contribution >= 0.6 is 11.3 Å². The van der Waals surface area contributed by atoms with Gasteiger partial charge >= 0.3 is 5.97 Å². The van der Waals surface area contributed by atoms with Gasteiger partial charge in [0, 0.05) is 5.56 Å². The molecule has 1 aliphatic rings. The van der Waals surface area contributed by atoms with E-state index in [2.05, 4.69) is 5.16 Å². The molecule has 18 heavy (non-hydrogen) atoms. The number of hydrogen-bond acceptors (Lipinski definition) is 4. The zero-order chi connectivity index (χ0) is 12.4. The molecule has 1 aromatic carbocycles. The highest BCUT2D eigenvalue weighted by Crippen LogP contribution is 2.21. The van der Waals surface area contributed by atoms with Crippen LogP contribution in [-0.4, -0.2) is 11.7 Å². The summed E-state index contributed by atoms with van der Waals surface area (Å²) < 4.78 is 0. The maximum absolute atomic E-state index is 11.7. The lowest BCUT2D eigenvalue weighted by Gasteiger charge is -1.98. The predicted molar refractivity (Wildman–Crippen MR) is 71.4 cm³/mol. The average molecular weight is 255 g/mol. The van der Waals surface area contributed by atoms with E-state index in [0.29, 0.717) is 11.3 Å². The minimum absolute atomic E-state index is 0.403. The van der Waals surface area contributed by atoms with Gasteiger partial charge in [0.05, 0.1) is 5.57 Å². The average Bonchev–Trinajstić information content (AvgIpc) is 3.03. The minimum Gasteiger partial charge on any atom is -0.312 e. The second-order valence-corrected chi connectivity index (χ2v) is 4.58. The molecule has 88 valence electrons. The van der Waals surface area contributed by atoms with E-state index in [1.165, 1.54) is 0 Å². The first-order chi connectivity index (χ1) is 8.84. The van der Waals surface area contributed by atoms with Crippen molar-refractivity contribution in [2.75, 3.05) is 0 Å². The summed E-state index contributed by atoms with van der Waals surface area (Å²) in [6.07, 6.45) is 1.80. The highest BCUT2D eigenvalue weighted by molar-refractivity contribution is 7.08. The molecule has 2 heterocycles. The van der Waals surface area contributed by atoms with Crippen LogP contribution in [-0.2, 0) is 9.63 Å². The number of oxime groups is 1. The first-order valence-corrected chi connectivity index (χ1v) is 6.38. The molecule has 0 radical (unpaired) electrons. The Balaban J connectivity index is 2.03. The number of thiophene rings is 1. The SMILES string of the molecule is O=C1ON=C(c2ccccc2)/C1=C\c1ccsc1. The monoisotopic (exact) mass is 255 g/mol. The van der Waals surface area contributed by atoms with E-state index in [1.807, 2.05) is 47.2 Å². The van der Waals surface area contributed by atoms with Crippen LogP contribution in [0.15, 0.2) is 57.9 Å². The lowest BCUT2D eigenvalue weighted by atomic mass is 10.0. The number of rotatable bonds is 2. The molecule has 0 saturated heterocycles. The second-order valence-electron chi connectivity index (χ2n) is 3.80. The molecule has 0 amide bonds. The zero-order valence-electron chi connectivity index (χ0n) is 9.37. The molecule has 1 aliphatic heterocycles. The van der Waals surface area contributed by atoms with Crippen LogP contribution in [0.5, 0.6) is 0 Å². The van der Waals surface area contributed by atoms with E-state index in [4.69, 9.17) is 4.84 Å². The lowest BCUT2D eigenvalue weighted by Crippen LogP contribution is -2.06. The first kappa shape index (κ1) is 10.9. The number of carbonyl (C=O) groups excluding carboxylic acids is 1. The molecule has 0 spiro atoms. The maximum Gasteiger partial charge on any atom is 0.368 e. The smallest absolute Gasteiger partial charge is 0.312 e. The number of carbonyl (C=O) groups is 1. The van der Waals surface area contributed by atoms with E-state index in [9.17, 15) is 4.79 Å². The Morgan fingerprint density at radius 2 is 2.00 bits per heavy atom. The molecular formula is C14H9NO2S. The maximum atomic E-state index is 11.7. The van der Waals surface area contributed by atoms with Gasteiger partial charge in [0.1, 0.15) is 5.71 Å². The van der Waals surface area contributed by atoms with Crippen molar-refractivity contribution < 1.29 is 9.63 Å². The summed E-state index contributed by atoms with van der Waals surface area (Å²) in [7, 11) is 0. The van der Waals surface area contributed by atoms with E-state index in [-0.39, 0.29) is 0 Å². The van der Waals surface area contributed by atoms with Crippen molar-refractivity contribution in [3.05, 3.63) is 63.9 Å². The molecule has 0 unspecified atom stereocenters. The third-order valence-corrected chi connectivity index (χ3v) is 3.30. The van der Waals surface area contributed by atoms with Crippen molar-refractivity contribution in [2.24, 2.45) is 5.16 Å². The first-order valence-electron chi connectivity index (χ1n) is 5.43. The molecule has 0 fully saturated rings. The second kappa shape index (κ2) is 4.58. The quantitative estimate of drug-likeness (QED) is 0.611. The summed E-state index contributed by atoms with van der Waals surface area (Å²) in [5.41, 5.74) is 2.95. The van der Waals surface area contributed by atoms with Gasteiger partial charge in [0.15, 0.2) is 0 Å². The highest BCUT2D eigenvalue weighted by Gasteiger charge is 2.26. The van der Waals surface area contributed by atoms with Crippen molar-refractivity contribution in [3.8, 4) is 0 Å². The summed E-state index contributed by atoms with van der Waals surface area (Å²) in [4.78, 5) is 16.4. The van der Waals surface area contributed by atoms with Gasteiger partial charge in [-0.2, -0.15) is 11.3 Å². The van der Waals surface area contributed by atoms with Crippen molar-refractivity contribution >= 4 is 29.1 Å². The van der Waals surface area contributed by atoms with Gasteiger partial charge in [-0.1, -0.05) is 35.5 Å². The van der Waals surface area contributed by atoms with E-state index in [0.717, 1.165) is 11.1 Å². The van der Waals surface area contributed by atoms with Crippen molar-refractivity contribution in [3.63, 3.8) is 0 Å². The van der Waals surface area contributed by atoms with Gasteiger partial charge in [-0.05, 0) is 28.5 Å². The molecule has 0 N–H and O–H groups in total. The Kier molecular flexibility index (Phi) is 2.78. The summed E-state index contributed by atoms with van der Waals surface area (Å²) in [6, 6.07) is 11.5.